The Balaban J connectivity index is 1.83. The van der Waals surface area contributed by atoms with Gasteiger partial charge in [-0.15, -0.1) is 0 Å². The summed E-state index contributed by atoms with van der Waals surface area (Å²) in [5.74, 6) is -0.134. The van der Waals surface area contributed by atoms with Crippen LogP contribution in [-0.4, -0.2) is 55.8 Å². The topological polar surface area (TPSA) is 75.4 Å². The number of hydrogen-bond acceptors (Lipinski definition) is 4. The van der Waals surface area contributed by atoms with Gasteiger partial charge in [0.05, 0.1) is 18.2 Å². The van der Waals surface area contributed by atoms with Crippen LogP contribution >= 0.6 is 11.8 Å². The molecular weight excluding hydrogens is 345 g/mol. The number of carboxylic acid groups (broad SMARTS) is 1. The number of carbonyl (C=O) groups excluding carboxylic acids is 1. The van der Waals surface area contributed by atoms with E-state index in [9.17, 15) is 14.0 Å². The molecule has 0 radical (unpaired) electrons. The normalized spacial score (nSPS) is 17.5. The molecule has 132 valence electrons. The zero-order valence-corrected chi connectivity index (χ0v) is 14.5. The monoisotopic (exact) mass is 363 g/mol. The third kappa shape index (κ3) is 3.84. The van der Waals surface area contributed by atoms with E-state index < -0.39 is 5.97 Å². The van der Waals surface area contributed by atoms with Crippen LogP contribution in [-0.2, 0) is 4.79 Å². The summed E-state index contributed by atoms with van der Waals surface area (Å²) < 4.78 is 14.8. The van der Waals surface area contributed by atoms with E-state index in [1.807, 2.05) is 0 Å². The number of halogens is 1. The second kappa shape index (κ2) is 7.26. The van der Waals surface area contributed by atoms with Crippen molar-refractivity contribution in [1.82, 2.24) is 14.7 Å². The van der Waals surface area contributed by atoms with E-state index in [4.69, 9.17) is 5.11 Å². The average Bonchev–Trinajstić information content (AvgIpc) is 3.04. The molecule has 1 fully saturated rings. The number of benzene rings is 1. The van der Waals surface area contributed by atoms with Gasteiger partial charge in [-0.1, -0.05) is 0 Å². The maximum atomic E-state index is 13.2. The van der Waals surface area contributed by atoms with Gasteiger partial charge in [0.25, 0.3) is 5.91 Å². The molecule has 25 heavy (non-hydrogen) atoms. The van der Waals surface area contributed by atoms with Gasteiger partial charge >= 0.3 is 5.97 Å². The predicted octanol–water partition coefficient (Wildman–Crippen LogP) is 2.35. The summed E-state index contributed by atoms with van der Waals surface area (Å²) in [5.41, 5.74) is 1.66. The van der Waals surface area contributed by atoms with Crippen LogP contribution in [0.4, 0.5) is 4.39 Å². The maximum absolute atomic E-state index is 13.2. The Labute approximate surface area is 148 Å². The minimum atomic E-state index is -0.919. The molecule has 1 aromatic heterocycles. The van der Waals surface area contributed by atoms with Crippen molar-refractivity contribution in [3.63, 3.8) is 0 Å². The van der Waals surface area contributed by atoms with E-state index in [0.29, 0.717) is 23.5 Å². The Kier molecular flexibility index (Phi) is 5.08. The van der Waals surface area contributed by atoms with Crippen molar-refractivity contribution in [3.05, 3.63) is 47.5 Å². The SMILES string of the molecule is Cc1cc(F)ccc1-n1ccc(C(=O)N2CCSCC2CC(=O)O)n1. The molecule has 1 unspecified atom stereocenters. The van der Waals surface area contributed by atoms with Crippen molar-refractivity contribution in [2.45, 2.75) is 19.4 Å². The summed E-state index contributed by atoms with van der Waals surface area (Å²) in [4.78, 5) is 25.4. The van der Waals surface area contributed by atoms with Gasteiger partial charge in [-0.05, 0) is 36.8 Å². The highest BCUT2D eigenvalue weighted by atomic mass is 32.2. The minimum absolute atomic E-state index is 0.0729. The number of carboxylic acids is 1. The van der Waals surface area contributed by atoms with Crippen LogP contribution in [0.2, 0.25) is 0 Å². The van der Waals surface area contributed by atoms with Crippen molar-refractivity contribution in [2.24, 2.45) is 0 Å². The summed E-state index contributed by atoms with van der Waals surface area (Å²) in [6.45, 7) is 2.27. The van der Waals surface area contributed by atoms with Gasteiger partial charge in [-0.3, -0.25) is 9.59 Å². The fourth-order valence-corrected chi connectivity index (χ4v) is 3.95. The molecule has 6 nitrogen and oxygen atoms in total. The van der Waals surface area contributed by atoms with Crippen molar-refractivity contribution in [2.75, 3.05) is 18.1 Å². The summed E-state index contributed by atoms with van der Waals surface area (Å²) in [7, 11) is 0. The number of thioether (sulfide) groups is 1. The molecular formula is C17H18FN3O3S. The summed E-state index contributed by atoms with van der Waals surface area (Å²) in [5, 5.41) is 13.4. The lowest BCUT2D eigenvalue weighted by atomic mass is 10.2. The van der Waals surface area contributed by atoms with Gasteiger partial charge < -0.3 is 10.0 Å². The molecule has 2 aromatic rings. The highest BCUT2D eigenvalue weighted by Gasteiger charge is 2.30. The first kappa shape index (κ1) is 17.5. The van der Waals surface area contributed by atoms with E-state index in [2.05, 4.69) is 5.10 Å². The molecule has 0 aliphatic carbocycles. The van der Waals surface area contributed by atoms with Crippen LogP contribution in [0, 0.1) is 12.7 Å². The molecule has 1 aromatic carbocycles. The maximum Gasteiger partial charge on any atom is 0.305 e. The number of aryl methyl sites for hydroxylation is 1. The van der Waals surface area contributed by atoms with Gasteiger partial charge in [0.15, 0.2) is 5.69 Å². The Morgan fingerprint density at radius 3 is 2.92 bits per heavy atom. The first-order valence-electron chi connectivity index (χ1n) is 7.88. The van der Waals surface area contributed by atoms with Gasteiger partial charge in [0.1, 0.15) is 5.82 Å². The van der Waals surface area contributed by atoms with Crippen LogP contribution in [0.15, 0.2) is 30.5 Å². The zero-order chi connectivity index (χ0) is 18.0. The Morgan fingerprint density at radius 2 is 2.20 bits per heavy atom. The third-order valence-corrected chi connectivity index (χ3v) is 5.20. The van der Waals surface area contributed by atoms with Crippen LogP contribution in [0.5, 0.6) is 0 Å². The first-order valence-corrected chi connectivity index (χ1v) is 9.04. The fourth-order valence-electron chi connectivity index (χ4n) is 2.89. The molecule has 1 atom stereocenters. The van der Waals surface area contributed by atoms with Crippen LogP contribution < -0.4 is 0 Å². The quantitative estimate of drug-likeness (QED) is 0.902. The molecule has 2 heterocycles. The number of hydrogen-bond donors (Lipinski definition) is 1. The average molecular weight is 363 g/mol. The Morgan fingerprint density at radius 1 is 1.40 bits per heavy atom. The number of carbonyl (C=O) groups is 2. The first-order chi connectivity index (χ1) is 12.0. The van der Waals surface area contributed by atoms with Crippen molar-refractivity contribution >= 4 is 23.6 Å². The second-order valence-electron chi connectivity index (χ2n) is 5.90. The molecule has 1 saturated heterocycles. The predicted molar refractivity (Wildman–Crippen MR) is 92.7 cm³/mol. The van der Waals surface area contributed by atoms with E-state index >= 15 is 0 Å². The second-order valence-corrected chi connectivity index (χ2v) is 7.05. The lowest BCUT2D eigenvalue weighted by molar-refractivity contribution is -0.138. The fraction of sp³-hybridized carbons (Fsp3) is 0.353. The smallest absolute Gasteiger partial charge is 0.305 e. The van der Waals surface area contributed by atoms with Gasteiger partial charge in [-0.25, -0.2) is 9.07 Å². The highest BCUT2D eigenvalue weighted by molar-refractivity contribution is 7.99. The number of aromatic nitrogens is 2. The van der Waals surface area contributed by atoms with Gasteiger partial charge in [0, 0.05) is 24.2 Å². The number of aliphatic carboxylic acids is 1. The summed E-state index contributed by atoms with van der Waals surface area (Å²) >= 11 is 1.65. The third-order valence-electron chi connectivity index (χ3n) is 4.11. The zero-order valence-electron chi connectivity index (χ0n) is 13.7. The number of rotatable bonds is 4. The lowest BCUT2D eigenvalue weighted by Crippen LogP contribution is -2.47. The van der Waals surface area contributed by atoms with E-state index in [1.54, 1.807) is 41.9 Å². The van der Waals surface area contributed by atoms with E-state index in [1.165, 1.54) is 16.8 Å². The van der Waals surface area contributed by atoms with Gasteiger partial charge in [0.2, 0.25) is 0 Å². The van der Waals surface area contributed by atoms with Crippen molar-refractivity contribution in [1.29, 1.82) is 0 Å². The Bertz CT molecular complexity index is 808. The van der Waals surface area contributed by atoms with E-state index in [-0.39, 0.29) is 29.9 Å². The largest absolute Gasteiger partial charge is 0.481 e. The van der Waals surface area contributed by atoms with E-state index in [0.717, 1.165) is 5.75 Å². The molecule has 1 aliphatic heterocycles. The molecule has 0 spiro atoms. The van der Waals surface area contributed by atoms with Crippen LogP contribution in [0.25, 0.3) is 5.69 Å². The highest BCUT2D eigenvalue weighted by Crippen LogP contribution is 2.22. The summed E-state index contributed by atoms with van der Waals surface area (Å²) in [6, 6.07) is 5.63. The lowest BCUT2D eigenvalue weighted by Gasteiger charge is -2.34. The standard InChI is InChI=1S/C17H18FN3O3S/c1-11-8-12(18)2-3-15(11)21-5-4-14(19-21)17(24)20-6-7-25-10-13(20)9-16(22)23/h2-5,8,13H,6-7,9-10H2,1H3,(H,22,23). The van der Waals surface area contributed by atoms with Crippen molar-refractivity contribution < 1.29 is 19.1 Å². The molecule has 1 N–H and O–H groups in total. The van der Waals surface area contributed by atoms with Crippen LogP contribution in [0.3, 0.4) is 0 Å². The molecule has 1 amide bonds. The number of nitrogens with zero attached hydrogens (tertiary/aromatic N) is 3. The number of amides is 1. The van der Waals surface area contributed by atoms with Crippen molar-refractivity contribution in [3.8, 4) is 5.69 Å². The molecule has 0 saturated carbocycles. The van der Waals surface area contributed by atoms with Gasteiger partial charge in [-0.2, -0.15) is 16.9 Å². The summed E-state index contributed by atoms with van der Waals surface area (Å²) in [6.07, 6.45) is 1.58. The van der Waals surface area contributed by atoms with Crippen LogP contribution in [0.1, 0.15) is 22.5 Å². The Hall–Kier alpha value is -2.35. The minimum Gasteiger partial charge on any atom is -0.481 e. The molecule has 0 bridgehead atoms. The molecule has 1 aliphatic rings. The molecule has 8 heteroatoms. The molecule has 3 rings (SSSR count).